The molecular formula is C16H16BrN3O. The van der Waals surface area contributed by atoms with Gasteiger partial charge in [-0.2, -0.15) is 0 Å². The molecule has 0 fully saturated rings. The number of halogens is 1. The van der Waals surface area contributed by atoms with Gasteiger partial charge in [-0.1, -0.05) is 12.1 Å². The zero-order valence-corrected chi connectivity index (χ0v) is 13.3. The zero-order chi connectivity index (χ0) is 14.8. The minimum atomic E-state index is -0.678. The third kappa shape index (κ3) is 2.71. The van der Waals surface area contributed by atoms with Gasteiger partial charge >= 0.3 is 0 Å². The fourth-order valence-electron chi connectivity index (χ4n) is 2.55. The number of para-hydroxylation sites is 2. The second-order valence-corrected chi connectivity index (χ2v) is 5.71. The van der Waals surface area contributed by atoms with E-state index in [1.165, 1.54) is 0 Å². The van der Waals surface area contributed by atoms with Crippen LogP contribution in [0.3, 0.4) is 0 Å². The molecule has 3 rings (SSSR count). The van der Waals surface area contributed by atoms with Crippen molar-refractivity contribution >= 4 is 27.0 Å². The molecule has 2 aromatic heterocycles. The van der Waals surface area contributed by atoms with Gasteiger partial charge in [-0.05, 0) is 47.1 Å². The number of aliphatic hydroxyl groups is 1. The summed E-state index contributed by atoms with van der Waals surface area (Å²) in [5, 5.41) is 10.5. The molecule has 0 saturated carbocycles. The molecule has 0 saturated heterocycles. The highest BCUT2D eigenvalue weighted by Crippen LogP contribution is 2.25. The molecule has 108 valence electrons. The van der Waals surface area contributed by atoms with Crippen molar-refractivity contribution in [3.8, 4) is 0 Å². The summed E-state index contributed by atoms with van der Waals surface area (Å²) < 4.78 is 2.95. The van der Waals surface area contributed by atoms with Crippen LogP contribution in [0.4, 0.5) is 0 Å². The van der Waals surface area contributed by atoms with Crippen LogP contribution in [0.15, 0.2) is 47.1 Å². The fourth-order valence-corrected chi connectivity index (χ4v) is 3.07. The van der Waals surface area contributed by atoms with Crippen LogP contribution >= 0.6 is 15.9 Å². The van der Waals surface area contributed by atoms with Crippen molar-refractivity contribution in [1.82, 2.24) is 14.5 Å². The Kier molecular flexibility index (Phi) is 4.03. The molecule has 1 N–H and O–H groups in total. The zero-order valence-electron chi connectivity index (χ0n) is 11.7. The Balaban J connectivity index is 1.96. The molecule has 0 aliphatic rings. The maximum atomic E-state index is 10.5. The van der Waals surface area contributed by atoms with E-state index in [0.717, 1.165) is 27.9 Å². The minimum Gasteiger partial charge on any atom is -0.386 e. The Hall–Kier alpha value is -1.72. The monoisotopic (exact) mass is 345 g/mol. The van der Waals surface area contributed by atoms with Gasteiger partial charge in [0.15, 0.2) is 0 Å². The smallest absolute Gasteiger partial charge is 0.112 e. The number of hydrogen-bond donors (Lipinski definition) is 1. The Morgan fingerprint density at radius 1 is 1.24 bits per heavy atom. The number of fused-ring (bicyclic) bond motifs is 1. The van der Waals surface area contributed by atoms with Crippen molar-refractivity contribution < 1.29 is 5.11 Å². The van der Waals surface area contributed by atoms with Gasteiger partial charge in [0.2, 0.25) is 0 Å². The summed E-state index contributed by atoms with van der Waals surface area (Å²) in [4.78, 5) is 8.89. The number of pyridine rings is 1. The number of imidazole rings is 1. The van der Waals surface area contributed by atoms with E-state index in [2.05, 4.69) is 43.5 Å². The number of aryl methyl sites for hydroxylation is 1. The van der Waals surface area contributed by atoms with Crippen LogP contribution in [0, 0.1) is 0 Å². The summed E-state index contributed by atoms with van der Waals surface area (Å²) in [5.74, 6) is 0.878. The Morgan fingerprint density at radius 3 is 2.81 bits per heavy atom. The van der Waals surface area contributed by atoms with Crippen molar-refractivity contribution in [3.05, 3.63) is 58.6 Å². The highest BCUT2D eigenvalue weighted by Gasteiger charge is 2.17. The van der Waals surface area contributed by atoms with Gasteiger partial charge < -0.3 is 9.67 Å². The third-order valence-corrected chi connectivity index (χ3v) is 4.20. The first kappa shape index (κ1) is 14.2. The molecule has 0 amide bonds. The highest BCUT2D eigenvalue weighted by atomic mass is 79.9. The number of benzene rings is 1. The van der Waals surface area contributed by atoms with Crippen LogP contribution in [-0.4, -0.2) is 19.6 Å². The SMILES string of the molecule is CCn1c(CC(O)c2ncccc2Br)nc2ccccc21. The van der Waals surface area contributed by atoms with Crippen LogP contribution in [0.1, 0.15) is 24.5 Å². The summed E-state index contributed by atoms with van der Waals surface area (Å²) in [6.07, 6.45) is 1.45. The number of nitrogens with zero attached hydrogens (tertiary/aromatic N) is 3. The average Bonchev–Trinajstić information content (AvgIpc) is 2.84. The van der Waals surface area contributed by atoms with Crippen LogP contribution in [-0.2, 0) is 13.0 Å². The van der Waals surface area contributed by atoms with Gasteiger partial charge in [0, 0.05) is 23.6 Å². The molecule has 0 bridgehead atoms. The average molecular weight is 346 g/mol. The molecule has 1 unspecified atom stereocenters. The molecule has 0 aliphatic carbocycles. The number of rotatable bonds is 4. The Labute approximate surface area is 131 Å². The minimum absolute atomic E-state index is 0.443. The lowest BCUT2D eigenvalue weighted by Crippen LogP contribution is -2.10. The molecule has 1 aromatic carbocycles. The predicted octanol–water partition coefficient (Wildman–Crippen LogP) is 3.49. The normalized spacial score (nSPS) is 12.7. The van der Waals surface area contributed by atoms with E-state index in [1.807, 2.05) is 30.3 Å². The maximum absolute atomic E-state index is 10.5. The quantitative estimate of drug-likeness (QED) is 0.787. The first-order valence-corrected chi connectivity index (χ1v) is 7.72. The summed E-state index contributed by atoms with van der Waals surface area (Å²) in [6.45, 7) is 2.91. The van der Waals surface area contributed by atoms with E-state index in [0.29, 0.717) is 12.1 Å². The van der Waals surface area contributed by atoms with Crippen LogP contribution in [0.25, 0.3) is 11.0 Å². The molecule has 0 radical (unpaired) electrons. The second kappa shape index (κ2) is 5.95. The molecule has 0 aliphatic heterocycles. The molecule has 5 heteroatoms. The lowest BCUT2D eigenvalue weighted by atomic mass is 10.1. The van der Waals surface area contributed by atoms with Crippen molar-refractivity contribution in [2.75, 3.05) is 0 Å². The van der Waals surface area contributed by atoms with Crippen LogP contribution in [0.5, 0.6) is 0 Å². The summed E-state index contributed by atoms with van der Waals surface area (Å²) in [5.41, 5.74) is 2.70. The first-order valence-electron chi connectivity index (χ1n) is 6.93. The first-order chi connectivity index (χ1) is 10.2. The molecule has 3 aromatic rings. The van der Waals surface area contributed by atoms with Crippen LogP contribution < -0.4 is 0 Å². The van der Waals surface area contributed by atoms with E-state index in [4.69, 9.17) is 0 Å². The second-order valence-electron chi connectivity index (χ2n) is 4.85. The predicted molar refractivity (Wildman–Crippen MR) is 86.0 cm³/mol. The number of aliphatic hydroxyl groups excluding tert-OH is 1. The van der Waals surface area contributed by atoms with Gasteiger partial charge in [0.1, 0.15) is 11.9 Å². The number of aromatic nitrogens is 3. The molecule has 2 heterocycles. The van der Waals surface area contributed by atoms with E-state index in [1.54, 1.807) is 6.20 Å². The highest BCUT2D eigenvalue weighted by molar-refractivity contribution is 9.10. The topological polar surface area (TPSA) is 50.9 Å². The van der Waals surface area contributed by atoms with E-state index < -0.39 is 6.10 Å². The molecule has 21 heavy (non-hydrogen) atoms. The van der Waals surface area contributed by atoms with Gasteiger partial charge in [-0.15, -0.1) is 0 Å². The van der Waals surface area contributed by atoms with Crippen molar-refractivity contribution in [3.63, 3.8) is 0 Å². The summed E-state index contributed by atoms with van der Waals surface area (Å²) in [7, 11) is 0. The number of hydrogen-bond acceptors (Lipinski definition) is 3. The van der Waals surface area contributed by atoms with Crippen molar-refractivity contribution in [1.29, 1.82) is 0 Å². The molecule has 1 atom stereocenters. The molecule has 0 spiro atoms. The van der Waals surface area contributed by atoms with Gasteiger partial charge in [0.25, 0.3) is 0 Å². The van der Waals surface area contributed by atoms with Crippen molar-refractivity contribution in [2.45, 2.75) is 26.0 Å². The van der Waals surface area contributed by atoms with Crippen LogP contribution in [0.2, 0.25) is 0 Å². The Bertz CT molecular complexity index is 769. The van der Waals surface area contributed by atoms with Gasteiger partial charge in [0.05, 0.1) is 16.7 Å². The van der Waals surface area contributed by atoms with Gasteiger partial charge in [-0.3, -0.25) is 4.98 Å². The maximum Gasteiger partial charge on any atom is 0.112 e. The van der Waals surface area contributed by atoms with E-state index >= 15 is 0 Å². The largest absolute Gasteiger partial charge is 0.386 e. The standard InChI is InChI=1S/C16H16BrN3O/c1-2-20-13-8-4-3-7-12(13)19-15(20)10-14(21)16-11(17)6-5-9-18-16/h3-9,14,21H,2,10H2,1H3. The molecule has 4 nitrogen and oxygen atoms in total. The lowest BCUT2D eigenvalue weighted by molar-refractivity contribution is 0.169. The lowest BCUT2D eigenvalue weighted by Gasteiger charge is -2.12. The van der Waals surface area contributed by atoms with Gasteiger partial charge in [-0.25, -0.2) is 4.98 Å². The van der Waals surface area contributed by atoms with E-state index in [-0.39, 0.29) is 0 Å². The van der Waals surface area contributed by atoms with Crippen molar-refractivity contribution in [2.24, 2.45) is 0 Å². The Morgan fingerprint density at radius 2 is 2.05 bits per heavy atom. The summed E-state index contributed by atoms with van der Waals surface area (Å²) >= 11 is 3.43. The van der Waals surface area contributed by atoms with E-state index in [9.17, 15) is 5.11 Å². The molecular weight excluding hydrogens is 330 g/mol. The fraction of sp³-hybridized carbons (Fsp3) is 0.250. The summed E-state index contributed by atoms with van der Waals surface area (Å²) in [6, 6.07) is 11.7. The third-order valence-electron chi connectivity index (χ3n) is 3.53.